The molecule has 1 saturated heterocycles. The highest BCUT2D eigenvalue weighted by molar-refractivity contribution is 6.01. The third-order valence-electron chi connectivity index (χ3n) is 7.35. The van der Waals surface area contributed by atoms with Crippen LogP contribution in [0.1, 0.15) is 59.3 Å². The first-order valence-electron chi connectivity index (χ1n) is 13.3. The Bertz CT molecular complexity index is 1290. The molecule has 2 aliphatic heterocycles. The van der Waals surface area contributed by atoms with Crippen LogP contribution in [0.15, 0.2) is 18.3 Å². The summed E-state index contributed by atoms with van der Waals surface area (Å²) in [6, 6.07) is 4.82. The van der Waals surface area contributed by atoms with Gasteiger partial charge in [-0.3, -0.25) is 19.8 Å². The molecule has 1 atom stereocenters. The lowest BCUT2D eigenvalue weighted by Crippen LogP contribution is -2.40. The summed E-state index contributed by atoms with van der Waals surface area (Å²) in [5.74, 6) is 0.812. The molecule has 12 heteroatoms. The van der Waals surface area contributed by atoms with Gasteiger partial charge in [-0.15, -0.1) is 0 Å². The molecule has 0 aromatic carbocycles. The maximum absolute atomic E-state index is 13.0. The van der Waals surface area contributed by atoms with Gasteiger partial charge in [-0.1, -0.05) is 0 Å². The van der Waals surface area contributed by atoms with Crippen molar-refractivity contribution in [3.05, 3.63) is 40.7 Å². The first-order chi connectivity index (χ1) is 19.4. The molecular formula is C28H34N6O6. The van der Waals surface area contributed by atoms with Gasteiger partial charge < -0.3 is 19.1 Å². The van der Waals surface area contributed by atoms with E-state index in [4.69, 9.17) is 19.5 Å². The number of methoxy groups -OCH3 is 3. The lowest BCUT2D eigenvalue weighted by Gasteiger charge is -2.29. The Morgan fingerprint density at radius 2 is 1.98 bits per heavy atom. The van der Waals surface area contributed by atoms with E-state index in [9.17, 15) is 14.4 Å². The van der Waals surface area contributed by atoms with Crippen LogP contribution in [-0.2, 0) is 27.2 Å². The average molecular weight is 551 g/mol. The molecule has 40 heavy (non-hydrogen) atoms. The third kappa shape index (κ3) is 6.38. The number of nitrogens with zero attached hydrogens (tertiary/aromatic N) is 5. The minimum Gasteiger partial charge on any atom is -0.495 e. The highest BCUT2D eigenvalue weighted by atomic mass is 16.5. The van der Waals surface area contributed by atoms with Crippen molar-refractivity contribution in [3.63, 3.8) is 0 Å². The number of carbonyl (C=O) groups excluding carboxylic acids is 3. The van der Waals surface area contributed by atoms with Gasteiger partial charge in [-0.05, 0) is 43.7 Å². The van der Waals surface area contributed by atoms with Gasteiger partial charge in [0.25, 0.3) is 5.91 Å². The van der Waals surface area contributed by atoms with E-state index in [2.05, 4.69) is 15.3 Å². The van der Waals surface area contributed by atoms with Crippen LogP contribution in [0.2, 0.25) is 0 Å². The van der Waals surface area contributed by atoms with Crippen molar-refractivity contribution in [2.45, 2.75) is 57.3 Å². The smallest absolute Gasteiger partial charge is 0.328 e. The number of rotatable bonds is 7. The summed E-state index contributed by atoms with van der Waals surface area (Å²) >= 11 is 0. The fraction of sp³-hybridized carbons (Fsp3) is 0.500. The van der Waals surface area contributed by atoms with Crippen molar-refractivity contribution in [2.75, 3.05) is 44.6 Å². The van der Waals surface area contributed by atoms with Gasteiger partial charge in [0.05, 0.1) is 19.4 Å². The number of hydrogen-bond acceptors (Lipinski definition) is 9. The highest BCUT2D eigenvalue weighted by Gasteiger charge is 2.33. The number of nitriles is 1. The quantitative estimate of drug-likeness (QED) is 0.514. The molecule has 1 saturated carbocycles. The van der Waals surface area contributed by atoms with Crippen LogP contribution in [0.3, 0.4) is 0 Å². The molecule has 1 aliphatic carbocycles. The van der Waals surface area contributed by atoms with Crippen LogP contribution in [0, 0.1) is 11.3 Å². The summed E-state index contributed by atoms with van der Waals surface area (Å²) < 4.78 is 15.4. The van der Waals surface area contributed by atoms with Gasteiger partial charge >= 0.3 is 6.03 Å². The number of ether oxygens (including phenoxy) is 3. The van der Waals surface area contributed by atoms with E-state index in [0.717, 1.165) is 5.56 Å². The van der Waals surface area contributed by atoms with Gasteiger partial charge in [-0.2, -0.15) is 5.26 Å². The molecule has 3 aliphatic rings. The van der Waals surface area contributed by atoms with Gasteiger partial charge in [-0.25, -0.2) is 14.8 Å². The Labute approximate surface area is 233 Å². The van der Waals surface area contributed by atoms with E-state index < -0.39 is 12.1 Å². The summed E-state index contributed by atoms with van der Waals surface area (Å²) in [5.41, 5.74) is 1.90. The second kappa shape index (κ2) is 13.3. The molecule has 4 heterocycles. The number of aromatic nitrogens is 2. The number of fused-ring (bicyclic) bond motifs is 1. The summed E-state index contributed by atoms with van der Waals surface area (Å²) in [5, 5.41) is 11.8. The molecule has 2 aromatic heterocycles. The second-order valence-electron chi connectivity index (χ2n) is 9.76. The number of urea groups is 1. The largest absolute Gasteiger partial charge is 0.495 e. The molecule has 3 amide bonds. The van der Waals surface area contributed by atoms with Crippen molar-refractivity contribution in [1.29, 1.82) is 5.26 Å². The van der Waals surface area contributed by atoms with Gasteiger partial charge in [0, 0.05) is 51.9 Å². The molecule has 0 radical (unpaired) electrons. The second-order valence-corrected chi connectivity index (χ2v) is 9.76. The summed E-state index contributed by atoms with van der Waals surface area (Å²) in [4.78, 5) is 49.0. The summed E-state index contributed by atoms with van der Waals surface area (Å²) in [6.07, 6.45) is 8.07. The van der Waals surface area contributed by atoms with E-state index in [1.165, 1.54) is 50.6 Å². The van der Waals surface area contributed by atoms with Crippen molar-refractivity contribution in [2.24, 2.45) is 0 Å². The van der Waals surface area contributed by atoms with Crippen molar-refractivity contribution in [3.8, 4) is 11.8 Å². The molecule has 212 valence electrons. The maximum atomic E-state index is 13.0. The standard InChI is InChI=1S/C23H24N6O5.C5H10O/c1-33-18-5-7-28(22(18)31)12-15-8-14-4-3-6-29(21(14)26-17(15)13-30)23(32)27-20-9-19(34-2)16(10-24)11-25-20;1-6-5-3-2-4-5/h8-9,11,13,18H,3-7,12H2,1-2H3,(H,25,27,32);5H,2-4H2,1H3/t18-;/m0./s1. The first kappa shape index (κ1) is 28.9. The number of aldehydes is 1. The zero-order valence-corrected chi connectivity index (χ0v) is 23.0. The SMILES string of the molecule is COC1CCC1.COc1cc(NC(=O)N2CCCc3cc(CN4CC[C@H](OC)C4=O)c(C=O)nc32)ncc1C#N. The minimum atomic E-state index is -0.463. The molecule has 12 nitrogen and oxygen atoms in total. The van der Waals surface area contributed by atoms with Crippen molar-refractivity contribution < 1.29 is 28.6 Å². The Hall–Kier alpha value is -4.08. The third-order valence-corrected chi connectivity index (χ3v) is 7.35. The topological polar surface area (TPSA) is 147 Å². The Morgan fingerprint density at radius 3 is 2.55 bits per heavy atom. The molecule has 2 aromatic rings. The van der Waals surface area contributed by atoms with E-state index in [1.54, 1.807) is 12.0 Å². The average Bonchev–Trinajstić information content (AvgIpc) is 3.30. The predicted octanol–water partition coefficient (Wildman–Crippen LogP) is 3.09. The monoisotopic (exact) mass is 550 g/mol. The van der Waals surface area contributed by atoms with Gasteiger partial charge in [0.1, 0.15) is 40.8 Å². The predicted molar refractivity (Wildman–Crippen MR) is 145 cm³/mol. The highest BCUT2D eigenvalue weighted by Crippen LogP contribution is 2.29. The lowest BCUT2D eigenvalue weighted by atomic mass is 9.96. The van der Waals surface area contributed by atoms with Crippen LogP contribution >= 0.6 is 0 Å². The van der Waals surface area contributed by atoms with Gasteiger partial charge in [0.2, 0.25) is 0 Å². The number of pyridine rings is 2. The van der Waals surface area contributed by atoms with Crippen LogP contribution in [0.5, 0.6) is 5.75 Å². The molecule has 0 unspecified atom stereocenters. The van der Waals surface area contributed by atoms with Crippen LogP contribution in [0.4, 0.5) is 16.4 Å². The normalized spacial score (nSPS) is 18.1. The number of nitrogens with one attached hydrogen (secondary N) is 1. The zero-order valence-electron chi connectivity index (χ0n) is 23.0. The summed E-state index contributed by atoms with van der Waals surface area (Å²) in [6.45, 7) is 1.22. The Balaban J connectivity index is 0.000000546. The number of anilines is 2. The lowest BCUT2D eigenvalue weighted by molar-refractivity contribution is -0.136. The Kier molecular flexibility index (Phi) is 9.63. The minimum absolute atomic E-state index is 0.108. The number of aryl methyl sites for hydroxylation is 1. The van der Waals surface area contributed by atoms with Crippen LogP contribution < -0.4 is 15.0 Å². The Morgan fingerprint density at radius 1 is 1.18 bits per heavy atom. The molecule has 0 spiro atoms. The van der Waals surface area contributed by atoms with Crippen molar-refractivity contribution >= 4 is 29.9 Å². The fourth-order valence-electron chi connectivity index (χ4n) is 4.82. The molecule has 2 fully saturated rings. The van der Waals surface area contributed by atoms with E-state index in [-0.39, 0.29) is 29.5 Å². The van der Waals surface area contributed by atoms with E-state index in [1.807, 2.05) is 12.1 Å². The summed E-state index contributed by atoms with van der Waals surface area (Å²) in [7, 11) is 4.71. The van der Waals surface area contributed by atoms with E-state index in [0.29, 0.717) is 61.9 Å². The van der Waals surface area contributed by atoms with Gasteiger partial charge in [0.15, 0.2) is 6.29 Å². The van der Waals surface area contributed by atoms with Crippen LogP contribution in [-0.4, -0.2) is 79.7 Å². The van der Waals surface area contributed by atoms with E-state index >= 15 is 0 Å². The molecule has 0 bridgehead atoms. The fourth-order valence-corrected chi connectivity index (χ4v) is 4.82. The zero-order chi connectivity index (χ0) is 28.6. The number of likely N-dealkylation sites (tertiary alicyclic amines) is 1. The number of amides is 3. The molecule has 1 N–H and O–H groups in total. The molecule has 5 rings (SSSR count). The molecular weight excluding hydrogens is 516 g/mol. The first-order valence-corrected chi connectivity index (χ1v) is 13.3. The number of hydrogen-bond donors (Lipinski definition) is 1. The number of carbonyl (C=O) groups is 3. The van der Waals surface area contributed by atoms with Crippen LogP contribution in [0.25, 0.3) is 0 Å². The maximum Gasteiger partial charge on any atom is 0.328 e. The van der Waals surface area contributed by atoms with Crippen molar-refractivity contribution in [1.82, 2.24) is 14.9 Å².